The number of carboxylic acids is 1. The van der Waals surface area contributed by atoms with Crippen LogP contribution in [0.15, 0.2) is 30.5 Å². The Labute approximate surface area is 94.2 Å². The van der Waals surface area contributed by atoms with E-state index in [1.54, 1.807) is 12.3 Å². The Morgan fingerprint density at radius 3 is 3.00 bits per heavy atom. The summed E-state index contributed by atoms with van der Waals surface area (Å²) in [4.78, 5) is 20.3. The largest absolute Gasteiger partial charge is 0.477 e. The van der Waals surface area contributed by atoms with Gasteiger partial charge in [0.25, 0.3) is 0 Å². The van der Waals surface area contributed by atoms with Crippen LogP contribution in [0.4, 0.5) is 0 Å². The number of aromatic nitrogens is 2. The topological polar surface area (TPSA) is 63.1 Å². The minimum Gasteiger partial charge on any atom is -0.477 e. The zero-order valence-electron chi connectivity index (χ0n) is 8.04. The van der Waals surface area contributed by atoms with Crippen molar-refractivity contribution < 1.29 is 9.90 Å². The fraction of sp³-hybridized carbons (Fsp3) is 0. The SMILES string of the molecule is O=C(O)c1cc2cc3cccnc3nc2s1. The standard InChI is InChI=1S/C11H6N2O2S/c14-11(15)8-5-7-4-6-2-1-3-12-9(6)13-10(7)16-8/h1-5H,(H,14,15). The fourth-order valence-electron chi connectivity index (χ4n) is 1.57. The third-order valence-corrected chi connectivity index (χ3v) is 3.32. The van der Waals surface area contributed by atoms with Gasteiger partial charge < -0.3 is 5.11 Å². The number of pyridine rings is 2. The molecule has 16 heavy (non-hydrogen) atoms. The number of carbonyl (C=O) groups is 1. The molecule has 3 aromatic rings. The molecule has 3 aromatic heterocycles. The molecule has 0 bridgehead atoms. The lowest BCUT2D eigenvalue weighted by atomic mass is 10.2. The molecule has 3 rings (SSSR count). The number of rotatable bonds is 1. The molecule has 0 atom stereocenters. The molecule has 0 aromatic carbocycles. The van der Waals surface area contributed by atoms with E-state index in [0.29, 0.717) is 15.4 Å². The highest BCUT2D eigenvalue weighted by Gasteiger charge is 2.10. The van der Waals surface area contributed by atoms with Crippen molar-refractivity contribution in [2.45, 2.75) is 0 Å². The van der Waals surface area contributed by atoms with Crippen molar-refractivity contribution in [2.75, 3.05) is 0 Å². The summed E-state index contributed by atoms with van der Waals surface area (Å²) in [5.74, 6) is -0.917. The van der Waals surface area contributed by atoms with Gasteiger partial charge >= 0.3 is 5.97 Å². The van der Waals surface area contributed by atoms with Crippen LogP contribution in [-0.2, 0) is 0 Å². The molecule has 0 aliphatic rings. The zero-order valence-corrected chi connectivity index (χ0v) is 8.86. The van der Waals surface area contributed by atoms with Crippen LogP contribution < -0.4 is 0 Å². The van der Waals surface area contributed by atoms with Gasteiger partial charge in [0.05, 0.1) is 0 Å². The molecule has 0 aliphatic carbocycles. The first-order valence-electron chi connectivity index (χ1n) is 4.63. The van der Waals surface area contributed by atoms with Crippen LogP contribution in [0, 0.1) is 0 Å². The number of hydrogen-bond acceptors (Lipinski definition) is 4. The minimum atomic E-state index is -0.917. The zero-order chi connectivity index (χ0) is 11.1. The molecular weight excluding hydrogens is 224 g/mol. The smallest absolute Gasteiger partial charge is 0.345 e. The molecule has 0 saturated heterocycles. The van der Waals surface area contributed by atoms with Gasteiger partial charge in [-0.1, -0.05) is 0 Å². The van der Waals surface area contributed by atoms with Crippen LogP contribution in [0.2, 0.25) is 0 Å². The number of thiophene rings is 1. The fourth-order valence-corrected chi connectivity index (χ4v) is 2.42. The van der Waals surface area contributed by atoms with E-state index in [-0.39, 0.29) is 0 Å². The molecule has 0 radical (unpaired) electrons. The van der Waals surface area contributed by atoms with Crippen molar-refractivity contribution >= 4 is 38.6 Å². The normalized spacial score (nSPS) is 11.0. The van der Waals surface area contributed by atoms with E-state index in [1.807, 2.05) is 18.2 Å². The number of hydrogen-bond donors (Lipinski definition) is 1. The molecule has 78 valence electrons. The first-order valence-corrected chi connectivity index (χ1v) is 5.44. The predicted molar refractivity (Wildman–Crippen MR) is 61.9 cm³/mol. The van der Waals surface area contributed by atoms with Gasteiger partial charge in [-0.2, -0.15) is 0 Å². The van der Waals surface area contributed by atoms with Crippen LogP contribution in [0.25, 0.3) is 21.3 Å². The van der Waals surface area contributed by atoms with Gasteiger partial charge in [0.15, 0.2) is 5.65 Å². The Morgan fingerprint density at radius 2 is 2.19 bits per heavy atom. The third kappa shape index (κ3) is 1.33. The Morgan fingerprint density at radius 1 is 1.31 bits per heavy atom. The molecule has 0 spiro atoms. The molecular formula is C11H6N2O2S. The molecule has 3 heterocycles. The first-order chi connectivity index (χ1) is 7.74. The van der Waals surface area contributed by atoms with Crippen molar-refractivity contribution in [1.29, 1.82) is 0 Å². The lowest BCUT2D eigenvalue weighted by molar-refractivity contribution is 0.0702. The van der Waals surface area contributed by atoms with Crippen LogP contribution in [0.3, 0.4) is 0 Å². The highest BCUT2D eigenvalue weighted by atomic mass is 32.1. The van der Waals surface area contributed by atoms with Crippen molar-refractivity contribution in [2.24, 2.45) is 0 Å². The average Bonchev–Trinajstić information content (AvgIpc) is 2.68. The second kappa shape index (κ2) is 3.24. The lowest BCUT2D eigenvalue weighted by Gasteiger charge is -1.94. The van der Waals surface area contributed by atoms with E-state index in [2.05, 4.69) is 9.97 Å². The van der Waals surface area contributed by atoms with Gasteiger partial charge in [-0.05, 0) is 24.3 Å². The van der Waals surface area contributed by atoms with E-state index in [4.69, 9.17) is 5.11 Å². The van der Waals surface area contributed by atoms with Crippen LogP contribution in [-0.4, -0.2) is 21.0 Å². The molecule has 0 unspecified atom stereocenters. The Kier molecular flexibility index (Phi) is 1.87. The van der Waals surface area contributed by atoms with Gasteiger partial charge in [0.1, 0.15) is 9.71 Å². The van der Waals surface area contributed by atoms with Gasteiger partial charge in [-0.3, -0.25) is 0 Å². The minimum absolute atomic E-state index is 0.304. The van der Waals surface area contributed by atoms with Crippen molar-refractivity contribution in [3.8, 4) is 0 Å². The summed E-state index contributed by atoms with van der Waals surface area (Å²) in [6.07, 6.45) is 1.67. The Hall–Kier alpha value is -2.01. The van der Waals surface area contributed by atoms with E-state index in [1.165, 1.54) is 11.3 Å². The first kappa shape index (κ1) is 9.23. The maximum absolute atomic E-state index is 10.8. The summed E-state index contributed by atoms with van der Waals surface area (Å²) in [5, 5.41) is 10.7. The summed E-state index contributed by atoms with van der Waals surface area (Å²) in [6.45, 7) is 0. The maximum Gasteiger partial charge on any atom is 0.345 e. The summed E-state index contributed by atoms with van der Waals surface area (Å²) < 4.78 is 0. The molecule has 0 fully saturated rings. The van der Waals surface area contributed by atoms with Crippen molar-refractivity contribution in [3.05, 3.63) is 35.3 Å². The average molecular weight is 230 g/mol. The molecule has 5 heteroatoms. The molecule has 1 N–H and O–H groups in total. The summed E-state index contributed by atoms with van der Waals surface area (Å²) in [7, 11) is 0. The number of fused-ring (bicyclic) bond motifs is 2. The summed E-state index contributed by atoms with van der Waals surface area (Å²) >= 11 is 1.17. The predicted octanol–water partition coefficient (Wildman–Crippen LogP) is 2.54. The third-order valence-electron chi connectivity index (χ3n) is 2.29. The van der Waals surface area contributed by atoms with E-state index >= 15 is 0 Å². The van der Waals surface area contributed by atoms with E-state index in [0.717, 1.165) is 10.8 Å². The second-order valence-electron chi connectivity index (χ2n) is 3.35. The Balaban J connectivity index is 2.38. The summed E-state index contributed by atoms with van der Waals surface area (Å²) in [6, 6.07) is 7.29. The van der Waals surface area contributed by atoms with Crippen molar-refractivity contribution in [1.82, 2.24) is 9.97 Å². The molecule has 4 nitrogen and oxygen atoms in total. The van der Waals surface area contributed by atoms with Crippen molar-refractivity contribution in [3.63, 3.8) is 0 Å². The number of nitrogens with zero attached hydrogens (tertiary/aromatic N) is 2. The van der Waals surface area contributed by atoms with Gasteiger partial charge in [0, 0.05) is 17.0 Å². The Bertz CT molecular complexity index is 653. The van der Waals surface area contributed by atoms with E-state index in [9.17, 15) is 4.79 Å². The van der Waals surface area contributed by atoms with Gasteiger partial charge in [-0.25, -0.2) is 14.8 Å². The monoisotopic (exact) mass is 230 g/mol. The molecule has 0 amide bonds. The van der Waals surface area contributed by atoms with E-state index < -0.39 is 5.97 Å². The van der Waals surface area contributed by atoms with Crippen LogP contribution >= 0.6 is 11.3 Å². The van der Waals surface area contributed by atoms with Gasteiger partial charge in [0.2, 0.25) is 0 Å². The van der Waals surface area contributed by atoms with Gasteiger partial charge in [-0.15, -0.1) is 11.3 Å². The number of carboxylic acid groups (broad SMARTS) is 1. The highest BCUT2D eigenvalue weighted by molar-refractivity contribution is 7.20. The number of aromatic carboxylic acids is 1. The second-order valence-corrected chi connectivity index (χ2v) is 4.38. The summed E-state index contributed by atoms with van der Waals surface area (Å²) in [5.41, 5.74) is 0.647. The van der Waals surface area contributed by atoms with Crippen LogP contribution in [0.1, 0.15) is 9.67 Å². The highest BCUT2D eigenvalue weighted by Crippen LogP contribution is 2.26. The maximum atomic E-state index is 10.8. The molecule has 0 aliphatic heterocycles. The quantitative estimate of drug-likeness (QED) is 0.697. The lowest BCUT2D eigenvalue weighted by Crippen LogP contribution is -1.89. The molecule has 0 saturated carbocycles. The van der Waals surface area contributed by atoms with Crippen LogP contribution in [0.5, 0.6) is 0 Å².